The first-order valence-corrected chi connectivity index (χ1v) is 7.97. The Morgan fingerprint density at radius 3 is 1.44 bits per heavy atom. The molecule has 0 saturated heterocycles. The fourth-order valence-electron chi connectivity index (χ4n) is 1.91. The number of hydrogen-bond donors (Lipinski definition) is 0. The van der Waals surface area contributed by atoms with Crippen LogP contribution in [0, 0.1) is 0 Å². The lowest BCUT2D eigenvalue weighted by Gasteiger charge is -1.96. The van der Waals surface area contributed by atoms with Gasteiger partial charge in [0, 0.05) is 12.8 Å². The Morgan fingerprint density at radius 1 is 0.667 bits per heavy atom. The van der Waals surface area contributed by atoms with Gasteiger partial charge in [-0.05, 0) is 11.1 Å². The standard InChI is InChI=1S/C16H18OP/c17-18(13-11-15-7-3-1-4-8-15)14-12-16-9-5-2-6-10-16/h1-10H,11-14H2/q+1. The van der Waals surface area contributed by atoms with Gasteiger partial charge >= 0.3 is 7.80 Å². The normalized spacial score (nSPS) is 10.2. The molecule has 0 bridgehead atoms. The van der Waals surface area contributed by atoms with Crippen molar-refractivity contribution < 1.29 is 4.57 Å². The van der Waals surface area contributed by atoms with Crippen molar-refractivity contribution in [1.29, 1.82) is 0 Å². The summed E-state index contributed by atoms with van der Waals surface area (Å²) < 4.78 is 11.9. The number of benzene rings is 2. The monoisotopic (exact) mass is 257 g/mol. The van der Waals surface area contributed by atoms with Crippen LogP contribution in [0.15, 0.2) is 60.7 Å². The zero-order valence-corrected chi connectivity index (χ0v) is 11.4. The van der Waals surface area contributed by atoms with Crippen LogP contribution in [0.3, 0.4) is 0 Å². The molecule has 0 heterocycles. The third-order valence-corrected chi connectivity index (χ3v) is 4.43. The van der Waals surface area contributed by atoms with E-state index >= 15 is 0 Å². The minimum Gasteiger partial charge on any atom is -0.0748 e. The number of rotatable bonds is 6. The van der Waals surface area contributed by atoms with Gasteiger partial charge in [-0.2, -0.15) is 0 Å². The van der Waals surface area contributed by atoms with Crippen LogP contribution >= 0.6 is 7.80 Å². The molecule has 0 aliphatic rings. The summed E-state index contributed by atoms with van der Waals surface area (Å²) in [5.74, 6) is 0. The topological polar surface area (TPSA) is 17.1 Å². The van der Waals surface area contributed by atoms with E-state index in [0.29, 0.717) is 0 Å². The van der Waals surface area contributed by atoms with Gasteiger partial charge in [-0.25, -0.2) is 0 Å². The van der Waals surface area contributed by atoms with Crippen LogP contribution in [0.5, 0.6) is 0 Å². The van der Waals surface area contributed by atoms with Crippen LogP contribution in [-0.4, -0.2) is 12.3 Å². The van der Waals surface area contributed by atoms with E-state index in [1.807, 2.05) is 36.4 Å². The van der Waals surface area contributed by atoms with Crippen LogP contribution in [0.4, 0.5) is 0 Å². The Hall–Kier alpha value is -1.46. The Labute approximate surface area is 110 Å². The summed E-state index contributed by atoms with van der Waals surface area (Å²) >= 11 is 0. The van der Waals surface area contributed by atoms with Gasteiger partial charge in [0.25, 0.3) is 0 Å². The smallest absolute Gasteiger partial charge is 0.0748 e. The summed E-state index contributed by atoms with van der Waals surface area (Å²) in [5, 5.41) is 0. The second-order valence-corrected chi connectivity index (χ2v) is 6.26. The molecule has 0 aromatic heterocycles. The van der Waals surface area contributed by atoms with Gasteiger partial charge < -0.3 is 0 Å². The van der Waals surface area contributed by atoms with Crippen LogP contribution in [-0.2, 0) is 17.4 Å². The van der Waals surface area contributed by atoms with E-state index in [1.165, 1.54) is 11.1 Å². The molecule has 0 amide bonds. The molecule has 0 spiro atoms. The molecule has 0 radical (unpaired) electrons. The van der Waals surface area contributed by atoms with Gasteiger partial charge in [-0.3, -0.25) is 0 Å². The van der Waals surface area contributed by atoms with E-state index in [-0.39, 0.29) is 0 Å². The lowest BCUT2D eigenvalue weighted by Crippen LogP contribution is -1.93. The predicted octanol–water partition coefficient (Wildman–Crippen LogP) is 4.30. The lowest BCUT2D eigenvalue weighted by atomic mass is 10.2. The van der Waals surface area contributed by atoms with Gasteiger partial charge in [-0.1, -0.05) is 65.2 Å². The summed E-state index contributed by atoms with van der Waals surface area (Å²) in [6, 6.07) is 20.6. The zero-order chi connectivity index (χ0) is 12.6. The maximum absolute atomic E-state index is 11.9. The van der Waals surface area contributed by atoms with Gasteiger partial charge in [0.2, 0.25) is 0 Å². The van der Waals surface area contributed by atoms with Crippen LogP contribution in [0.2, 0.25) is 0 Å². The third kappa shape index (κ3) is 4.43. The highest BCUT2D eigenvalue weighted by molar-refractivity contribution is 7.44. The molecule has 2 heteroatoms. The van der Waals surface area contributed by atoms with Gasteiger partial charge in [-0.15, -0.1) is 0 Å². The summed E-state index contributed by atoms with van der Waals surface area (Å²) in [6.07, 6.45) is 3.44. The Morgan fingerprint density at radius 2 is 1.06 bits per heavy atom. The lowest BCUT2D eigenvalue weighted by molar-refractivity contribution is 0.587. The minimum absolute atomic E-state index is 0.798. The summed E-state index contributed by atoms with van der Waals surface area (Å²) in [6.45, 7) is 0. The van der Waals surface area contributed by atoms with Crippen LogP contribution in [0.25, 0.3) is 0 Å². The summed E-state index contributed by atoms with van der Waals surface area (Å²) in [5.41, 5.74) is 2.56. The van der Waals surface area contributed by atoms with E-state index < -0.39 is 7.80 Å². The van der Waals surface area contributed by atoms with E-state index in [2.05, 4.69) is 24.3 Å². The van der Waals surface area contributed by atoms with Crippen molar-refractivity contribution in [2.75, 3.05) is 12.3 Å². The second kappa shape index (κ2) is 7.08. The number of hydrogen-bond acceptors (Lipinski definition) is 1. The van der Waals surface area contributed by atoms with Gasteiger partial charge in [0.05, 0.1) is 0 Å². The molecule has 2 rings (SSSR count). The molecule has 92 valence electrons. The fraction of sp³-hybridized carbons (Fsp3) is 0.250. The SMILES string of the molecule is O=[P+](CCc1ccccc1)CCc1ccccc1. The Kier molecular flexibility index (Phi) is 5.11. The predicted molar refractivity (Wildman–Crippen MR) is 77.6 cm³/mol. The second-order valence-electron chi connectivity index (χ2n) is 4.40. The molecular weight excluding hydrogens is 239 g/mol. The maximum atomic E-state index is 11.9. The first-order chi connectivity index (χ1) is 8.84. The maximum Gasteiger partial charge on any atom is 0.339 e. The molecule has 0 saturated carbocycles. The third-order valence-electron chi connectivity index (χ3n) is 2.99. The van der Waals surface area contributed by atoms with Crippen molar-refractivity contribution in [3.63, 3.8) is 0 Å². The van der Waals surface area contributed by atoms with Gasteiger partial charge in [0.1, 0.15) is 12.3 Å². The summed E-state index contributed by atoms with van der Waals surface area (Å²) in [7, 11) is -1.08. The highest BCUT2D eigenvalue weighted by Crippen LogP contribution is 2.23. The van der Waals surface area contributed by atoms with Crippen molar-refractivity contribution >= 4 is 7.80 Å². The molecule has 1 nitrogen and oxygen atoms in total. The van der Waals surface area contributed by atoms with Crippen molar-refractivity contribution in [2.24, 2.45) is 0 Å². The van der Waals surface area contributed by atoms with Crippen molar-refractivity contribution in [3.8, 4) is 0 Å². The highest BCUT2D eigenvalue weighted by Gasteiger charge is 2.14. The van der Waals surface area contributed by atoms with E-state index in [9.17, 15) is 4.57 Å². The van der Waals surface area contributed by atoms with E-state index in [4.69, 9.17) is 0 Å². The molecule has 0 fully saturated rings. The molecule has 18 heavy (non-hydrogen) atoms. The first kappa shape index (κ1) is 13.0. The average Bonchev–Trinajstić information content (AvgIpc) is 2.45. The number of aryl methyl sites for hydroxylation is 2. The molecule has 0 N–H and O–H groups in total. The molecule has 0 unspecified atom stereocenters. The summed E-state index contributed by atoms with van der Waals surface area (Å²) in [4.78, 5) is 0. The Balaban J connectivity index is 1.73. The molecule has 0 aliphatic carbocycles. The fourth-order valence-corrected chi connectivity index (χ4v) is 3.15. The quantitative estimate of drug-likeness (QED) is 0.705. The molecular formula is C16H18OP+. The van der Waals surface area contributed by atoms with Crippen molar-refractivity contribution in [2.45, 2.75) is 12.8 Å². The van der Waals surface area contributed by atoms with E-state index in [1.54, 1.807) is 0 Å². The van der Waals surface area contributed by atoms with Crippen molar-refractivity contribution in [3.05, 3.63) is 71.8 Å². The highest BCUT2D eigenvalue weighted by atomic mass is 31.1. The zero-order valence-electron chi connectivity index (χ0n) is 10.5. The van der Waals surface area contributed by atoms with E-state index in [0.717, 1.165) is 25.2 Å². The molecule has 2 aromatic rings. The van der Waals surface area contributed by atoms with Crippen molar-refractivity contribution in [1.82, 2.24) is 0 Å². The van der Waals surface area contributed by atoms with Crippen LogP contribution < -0.4 is 0 Å². The minimum atomic E-state index is -1.08. The molecule has 2 aromatic carbocycles. The Bertz CT molecular complexity index is 433. The van der Waals surface area contributed by atoms with Crippen LogP contribution in [0.1, 0.15) is 11.1 Å². The molecule has 0 atom stereocenters. The van der Waals surface area contributed by atoms with Gasteiger partial charge in [0.15, 0.2) is 0 Å². The average molecular weight is 257 g/mol. The first-order valence-electron chi connectivity index (χ1n) is 6.34. The molecule has 0 aliphatic heterocycles. The largest absolute Gasteiger partial charge is 0.339 e.